The van der Waals surface area contributed by atoms with Gasteiger partial charge in [0.2, 0.25) is 5.91 Å². The third-order valence-corrected chi connectivity index (χ3v) is 4.90. The molecule has 6 nitrogen and oxygen atoms in total. The molecule has 0 spiro atoms. The van der Waals surface area contributed by atoms with Gasteiger partial charge in [-0.05, 0) is 31.7 Å². The number of nitrogens with zero attached hydrogens (tertiary/aromatic N) is 3. The highest BCUT2D eigenvalue weighted by Crippen LogP contribution is 2.30. The number of nitrogens with one attached hydrogen (secondary N) is 1. The molecule has 2 aliphatic rings. The van der Waals surface area contributed by atoms with Gasteiger partial charge in [0.25, 0.3) is 0 Å². The minimum absolute atomic E-state index is 0. The zero-order valence-corrected chi connectivity index (χ0v) is 18.6. The fourth-order valence-electron chi connectivity index (χ4n) is 3.09. The second-order valence-electron chi connectivity index (χ2n) is 7.03. The van der Waals surface area contributed by atoms with Crippen LogP contribution in [0.5, 0.6) is 5.75 Å². The number of aliphatic imine (C=N–C) groups is 1. The quantitative estimate of drug-likeness (QED) is 0.382. The zero-order valence-electron chi connectivity index (χ0n) is 16.3. The van der Waals surface area contributed by atoms with Crippen molar-refractivity contribution in [3.05, 3.63) is 29.8 Å². The number of ether oxygens (including phenoxy) is 1. The molecule has 3 rings (SSSR count). The summed E-state index contributed by atoms with van der Waals surface area (Å²) in [7, 11) is 0. The van der Waals surface area contributed by atoms with Crippen LogP contribution in [0.4, 0.5) is 0 Å². The number of amides is 1. The summed E-state index contributed by atoms with van der Waals surface area (Å²) in [5, 5.41) is 3.38. The van der Waals surface area contributed by atoms with Crippen molar-refractivity contribution in [1.29, 1.82) is 0 Å². The first kappa shape index (κ1) is 21.8. The van der Waals surface area contributed by atoms with Crippen LogP contribution in [0, 0.1) is 5.92 Å². The number of benzene rings is 1. The molecule has 1 saturated heterocycles. The number of hydrogen-bond donors (Lipinski definition) is 1. The van der Waals surface area contributed by atoms with Crippen LogP contribution in [0.15, 0.2) is 29.3 Å². The molecule has 1 aliphatic heterocycles. The highest BCUT2D eigenvalue weighted by molar-refractivity contribution is 14.0. The van der Waals surface area contributed by atoms with Crippen LogP contribution in [-0.2, 0) is 11.3 Å². The van der Waals surface area contributed by atoms with E-state index in [0.29, 0.717) is 6.54 Å². The molecule has 2 fully saturated rings. The molecule has 27 heavy (non-hydrogen) atoms. The lowest BCUT2D eigenvalue weighted by Crippen LogP contribution is -2.53. The molecule has 1 amide bonds. The molecule has 1 aromatic rings. The van der Waals surface area contributed by atoms with E-state index in [-0.39, 0.29) is 29.9 Å². The van der Waals surface area contributed by atoms with Gasteiger partial charge in [0.1, 0.15) is 5.75 Å². The van der Waals surface area contributed by atoms with Gasteiger partial charge in [-0.15, -0.1) is 24.0 Å². The molecule has 1 heterocycles. The van der Waals surface area contributed by atoms with Crippen molar-refractivity contribution in [3.8, 4) is 5.75 Å². The van der Waals surface area contributed by atoms with Crippen molar-refractivity contribution >= 4 is 35.8 Å². The molecule has 7 heteroatoms. The van der Waals surface area contributed by atoms with E-state index in [1.165, 1.54) is 12.8 Å². The Bertz CT molecular complexity index is 641. The van der Waals surface area contributed by atoms with E-state index >= 15 is 0 Å². The van der Waals surface area contributed by atoms with Crippen LogP contribution in [0.1, 0.15) is 32.3 Å². The van der Waals surface area contributed by atoms with Crippen molar-refractivity contribution < 1.29 is 9.53 Å². The summed E-state index contributed by atoms with van der Waals surface area (Å²) in [6.07, 6.45) is 2.58. The SMILES string of the molecule is CCNC(=NCc1ccccc1OCC1CC1)N1CCN(C(C)=O)CC1.I. The van der Waals surface area contributed by atoms with Crippen LogP contribution in [0.3, 0.4) is 0 Å². The van der Waals surface area contributed by atoms with Crippen molar-refractivity contribution in [2.24, 2.45) is 10.9 Å². The van der Waals surface area contributed by atoms with Crippen molar-refractivity contribution in [2.75, 3.05) is 39.3 Å². The maximum Gasteiger partial charge on any atom is 0.219 e. The first-order valence-electron chi connectivity index (χ1n) is 9.67. The van der Waals surface area contributed by atoms with Crippen molar-refractivity contribution in [3.63, 3.8) is 0 Å². The first-order valence-corrected chi connectivity index (χ1v) is 9.67. The summed E-state index contributed by atoms with van der Waals surface area (Å²) in [4.78, 5) is 20.5. The maximum atomic E-state index is 11.5. The number of piperazine rings is 1. The Morgan fingerprint density at radius 1 is 1.19 bits per heavy atom. The standard InChI is InChI=1S/C20H30N4O2.HI/c1-3-21-20(24-12-10-23(11-13-24)16(2)25)22-14-18-6-4-5-7-19(18)26-15-17-8-9-17;/h4-7,17H,3,8-15H2,1-2H3,(H,21,22);1H. The summed E-state index contributed by atoms with van der Waals surface area (Å²) in [5.74, 6) is 2.74. The summed E-state index contributed by atoms with van der Waals surface area (Å²) < 4.78 is 5.99. The molecule has 150 valence electrons. The molecule has 0 unspecified atom stereocenters. The molecular formula is C20H31IN4O2. The van der Waals surface area contributed by atoms with Crippen LogP contribution < -0.4 is 10.1 Å². The molecule has 1 saturated carbocycles. The fourth-order valence-corrected chi connectivity index (χ4v) is 3.09. The number of hydrogen-bond acceptors (Lipinski definition) is 3. The maximum absolute atomic E-state index is 11.5. The predicted molar refractivity (Wildman–Crippen MR) is 119 cm³/mol. The number of halogens is 1. The zero-order chi connectivity index (χ0) is 18.4. The second-order valence-corrected chi connectivity index (χ2v) is 7.03. The third kappa shape index (κ3) is 6.55. The van der Waals surface area contributed by atoms with Gasteiger partial charge in [0.15, 0.2) is 5.96 Å². The molecule has 0 aromatic heterocycles. The largest absolute Gasteiger partial charge is 0.493 e. The smallest absolute Gasteiger partial charge is 0.219 e. The molecule has 0 atom stereocenters. The fraction of sp³-hybridized carbons (Fsp3) is 0.600. The van der Waals surface area contributed by atoms with Crippen LogP contribution in [-0.4, -0.2) is 61.0 Å². The van der Waals surface area contributed by atoms with Gasteiger partial charge in [-0.25, -0.2) is 4.99 Å². The molecule has 0 bridgehead atoms. The van der Waals surface area contributed by atoms with Crippen LogP contribution >= 0.6 is 24.0 Å². The van der Waals surface area contributed by atoms with Crippen molar-refractivity contribution in [2.45, 2.75) is 33.2 Å². The molecule has 1 aliphatic carbocycles. The Balaban J connectivity index is 0.00000261. The van der Waals surface area contributed by atoms with Gasteiger partial charge in [-0.2, -0.15) is 0 Å². The van der Waals surface area contributed by atoms with E-state index in [4.69, 9.17) is 9.73 Å². The summed E-state index contributed by atoms with van der Waals surface area (Å²) in [6, 6.07) is 8.17. The number of carbonyl (C=O) groups is 1. The van der Waals surface area contributed by atoms with E-state index in [0.717, 1.165) is 62.5 Å². The van der Waals surface area contributed by atoms with E-state index < -0.39 is 0 Å². The average Bonchev–Trinajstić information content (AvgIpc) is 3.48. The summed E-state index contributed by atoms with van der Waals surface area (Å²) in [5.41, 5.74) is 1.12. The number of guanidine groups is 1. The average molecular weight is 486 g/mol. The van der Waals surface area contributed by atoms with Crippen LogP contribution in [0.2, 0.25) is 0 Å². The molecular weight excluding hydrogens is 455 g/mol. The minimum Gasteiger partial charge on any atom is -0.493 e. The number of carbonyl (C=O) groups excluding carboxylic acids is 1. The molecule has 0 radical (unpaired) electrons. The number of para-hydroxylation sites is 1. The summed E-state index contributed by atoms with van der Waals surface area (Å²) in [6.45, 7) is 9.06. The highest BCUT2D eigenvalue weighted by Gasteiger charge is 2.23. The Labute approximate surface area is 179 Å². The Morgan fingerprint density at radius 2 is 1.85 bits per heavy atom. The first-order chi connectivity index (χ1) is 12.7. The summed E-state index contributed by atoms with van der Waals surface area (Å²) >= 11 is 0. The lowest BCUT2D eigenvalue weighted by molar-refractivity contribution is -0.130. The Kier molecular flexibility index (Phi) is 8.66. The van der Waals surface area contributed by atoms with E-state index in [1.807, 2.05) is 23.1 Å². The van der Waals surface area contributed by atoms with E-state index in [2.05, 4.69) is 23.2 Å². The highest BCUT2D eigenvalue weighted by atomic mass is 127. The van der Waals surface area contributed by atoms with E-state index in [1.54, 1.807) is 6.92 Å². The Hall–Kier alpha value is -1.51. The monoisotopic (exact) mass is 486 g/mol. The van der Waals surface area contributed by atoms with Gasteiger partial charge in [-0.3, -0.25) is 4.79 Å². The van der Waals surface area contributed by atoms with Gasteiger partial charge in [0, 0.05) is 45.2 Å². The third-order valence-electron chi connectivity index (χ3n) is 4.90. The van der Waals surface area contributed by atoms with Gasteiger partial charge in [-0.1, -0.05) is 18.2 Å². The number of rotatable bonds is 6. The van der Waals surface area contributed by atoms with Crippen LogP contribution in [0.25, 0.3) is 0 Å². The normalized spacial score (nSPS) is 17.3. The second kappa shape index (κ2) is 10.7. The van der Waals surface area contributed by atoms with Gasteiger partial charge < -0.3 is 19.9 Å². The lowest BCUT2D eigenvalue weighted by Gasteiger charge is -2.36. The minimum atomic E-state index is 0. The van der Waals surface area contributed by atoms with Crippen molar-refractivity contribution in [1.82, 2.24) is 15.1 Å². The van der Waals surface area contributed by atoms with E-state index in [9.17, 15) is 4.79 Å². The lowest BCUT2D eigenvalue weighted by atomic mass is 10.2. The molecule has 1 N–H and O–H groups in total. The topological polar surface area (TPSA) is 57.2 Å². The Morgan fingerprint density at radius 3 is 2.48 bits per heavy atom. The predicted octanol–water partition coefficient (Wildman–Crippen LogP) is 2.72. The van der Waals surface area contributed by atoms with Gasteiger partial charge in [0.05, 0.1) is 13.2 Å². The molecule has 1 aromatic carbocycles. The van der Waals surface area contributed by atoms with Gasteiger partial charge >= 0.3 is 0 Å².